The monoisotopic (exact) mass is 630 g/mol. The predicted octanol–water partition coefficient (Wildman–Crippen LogP) is 3.93. The molecule has 0 aliphatic carbocycles. The fourth-order valence-corrected chi connectivity index (χ4v) is 6.76. The minimum absolute atomic E-state index is 0.104. The van der Waals surface area contributed by atoms with Gasteiger partial charge in [0, 0.05) is 14.9 Å². The molecule has 4 rings (SSSR count). The molecule has 0 saturated carbocycles. The largest absolute Gasteiger partial charge is 0.506 e. The van der Waals surface area contributed by atoms with E-state index in [-0.39, 0.29) is 17.9 Å². The van der Waals surface area contributed by atoms with E-state index in [0.29, 0.717) is 29.7 Å². The average molecular weight is 631 g/mol. The van der Waals surface area contributed by atoms with E-state index >= 15 is 0 Å². The summed E-state index contributed by atoms with van der Waals surface area (Å²) in [6.07, 6.45) is 1.65. The average Bonchev–Trinajstić information content (AvgIpc) is 3.34. The van der Waals surface area contributed by atoms with Crippen LogP contribution in [0.3, 0.4) is 0 Å². The Morgan fingerprint density at radius 3 is 2.90 bits per heavy atom. The Bertz CT molecular complexity index is 1390. The van der Waals surface area contributed by atoms with Gasteiger partial charge in [0.15, 0.2) is 4.80 Å². The van der Waals surface area contributed by atoms with Gasteiger partial charge in [0.25, 0.3) is 5.56 Å². The molecule has 1 atom stereocenters. The first-order valence-electron chi connectivity index (χ1n) is 9.23. The Hall–Kier alpha value is -1.76. The van der Waals surface area contributed by atoms with Crippen molar-refractivity contribution in [2.75, 3.05) is 6.61 Å². The van der Waals surface area contributed by atoms with Crippen molar-refractivity contribution in [2.24, 2.45) is 4.99 Å². The van der Waals surface area contributed by atoms with Crippen molar-refractivity contribution in [3.63, 3.8) is 0 Å². The summed E-state index contributed by atoms with van der Waals surface area (Å²) in [5.74, 6) is -0.372. The molecule has 1 aliphatic rings. The molecule has 1 aliphatic heterocycles. The maximum Gasteiger partial charge on any atom is 0.338 e. The summed E-state index contributed by atoms with van der Waals surface area (Å²) in [5, 5.41) is 12.3. The van der Waals surface area contributed by atoms with Crippen molar-refractivity contribution in [1.29, 1.82) is 0 Å². The van der Waals surface area contributed by atoms with Gasteiger partial charge in [-0.15, -0.1) is 11.3 Å². The van der Waals surface area contributed by atoms with Crippen LogP contribution in [0, 0.1) is 3.57 Å². The summed E-state index contributed by atoms with van der Waals surface area (Å²) in [7, 11) is 0. The van der Waals surface area contributed by atoms with E-state index in [1.807, 2.05) is 40.1 Å². The van der Waals surface area contributed by atoms with Crippen molar-refractivity contribution in [1.82, 2.24) is 4.57 Å². The molecule has 1 aromatic carbocycles. The molecule has 31 heavy (non-hydrogen) atoms. The first-order chi connectivity index (χ1) is 14.8. The first kappa shape index (κ1) is 22.4. The number of esters is 1. The number of thiazole rings is 1. The van der Waals surface area contributed by atoms with Gasteiger partial charge in [0.1, 0.15) is 11.8 Å². The number of phenolic OH excluding ortho intramolecular Hbond substituents is 1. The molecule has 0 unspecified atom stereocenters. The second kappa shape index (κ2) is 9.00. The van der Waals surface area contributed by atoms with E-state index in [1.54, 1.807) is 36.6 Å². The van der Waals surface area contributed by atoms with Gasteiger partial charge in [0.2, 0.25) is 0 Å². The molecule has 0 saturated heterocycles. The highest BCUT2D eigenvalue weighted by molar-refractivity contribution is 14.1. The van der Waals surface area contributed by atoms with Crippen LogP contribution in [0.25, 0.3) is 6.08 Å². The van der Waals surface area contributed by atoms with Crippen LogP contribution in [0.5, 0.6) is 5.75 Å². The lowest BCUT2D eigenvalue weighted by Gasteiger charge is -2.23. The maximum absolute atomic E-state index is 13.5. The summed E-state index contributed by atoms with van der Waals surface area (Å²) in [6.45, 7) is 3.74. The molecule has 1 N–H and O–H groups in total. The number of allylic oxidation sites excluding steroid dienone is 1. The number of thiophene rings is 1. The Morgan fingerprint density at radius 2 is 2.23 bits per heavy atom. The topological polar surface area (TPSA) is 80.9 Å². The number of ether oxygens (including phenoxy) is 1. The molecule has 0 amide bonds. The molecule has 3 heterocycles. The highest BCUT2D eigenvalue weighted by atomic mass is 127. The van der Waals surface area contributed by atoms with E-state index in [2.05, 4.69) is 20.9 Å². The van der Waals surface area contributed by atoms with Gasteiger partial charge in [-0.05, 0) is 66.1 Å². The minimum atomic E-state index is -0.603. The maximum atomic E-state index is 13.5. The van der Waals surface area contributed by atoms with E-state index in [1.165, 1.54) is 22.7 Å². The quantitative estimate of drug-likeness (QED) is 0.350. The number of nitrogens with zero attached hydrogens (tertiary/aromatic N) is 2. The zero-order valence-electron chi connectivity index (χ0n) is 16.4. The Kier molecular flexibility index (Phi) is 6.52. The number of phenols is 1. The zero-order chi connectivity index (χ0) is 22.3. The van der Waals surface area contributed by atoms with Crippen LogP contribution < -0.4 is 14.9 Å². The second-order valence-corrected chi connectivity index (χ2v) is 10.7. The van der Waals surface area contributed by atoms with Crippen molar-refractivity contribution < 1.29 is 14.6 Å². The third-order valence-corrected chi connectivity index (χ3v) is 7.86. The van der Waals surface area contributed by atoms with Crippen molar-refractivity contribution in [2.45, 2.75) is 19.9 Å². The number of fused-ring (bicyclic) bond motifs is 1. The van der Waals surface area contributed by atoms with Crippen LogP contribution in [0.2, 0.25) is 0 Å². The van der Waals surface area contributed by atoms with Crippen LogP contribution in [-0.4, -0.2) is 22.2 Å². The van der Waals surface area contributed by atoms with E-state index in [0.717, 1.165) is 9.35 Å². The smallest absolute Gasteiger partial charge is 0.338 e. The van der Waals surface area contributed by atoms with E-state index in [9.17, 15) is 14.7 Å². The standard InChI is InChI=1S/C21H16BrIN2O4S2/c1-3-29-20(28)16-10(2)24-21-25(17(16)14-5-4-6-30-14)19(27)15(31-21)8-11-7-12(22)9-13(23)18(11)26/h4-9,17,26H,3H2,1-2H3/b15-8+/t17-/m1/s1. The highest BCUT2D eigenvalue weighted by Crippen LogP contribution is 2.33. The molecule has 2 aromatic heterocycles. The molecule has 0 bridgehead atoms. The number of aromatic hydroxyl groups is 1. The molecular weight excluding hydrogens is 615 g/mol. The van der Waals surface area contributed by atoms with Crippen LogP contribution in [-0.2, 0) is 9.53 Å². The lowest BCUT2D eigenvalue weighted by atomic mass is 10.0. The normalized spacial score (nSPS) is 16.3. The van der Waals surface area contributed by atoms with Gasteiger partial charge in [-0.3, -0.25) is 9.36 Å². The summed E-state index contributed by atoms with van der Waals surface area (Å²) >= 11 is 8.16. The number of carbonyl (C=O) groups is 1. The Morgan fingerprint density at radius 1 is 1.45 bits per heavy atom. The number of hydrogen-bond acceptors (Lipinski definition) is 7. The molecule has 0 fully saturated rings. The van der Waals surface area contributed by atoms with E-state index in [4.69, 9.17) is 4.74 Å². The lowest BCUT2D eigenvalue weighted by Crippen LogP contribution is -2.39. The van der Waals surface area contributed by atoms with Gasteiger partial charge in [-0.1, -0.05) is 33.3 Å². The molecule has 3 aromatic rings. The van der Waals surface area contributed by atoms with Crippen molar-refractivity contribution in [3.8, 4) is 5.75 Å². The van der Waals surface area contributed by atoms with Crippen LogP contribution in [0.4, 0.5) is 0 Å². The molecule has 0 radical (unpaired) electrons. The molecule has 10 heteroatoms. The molecule has 0 spiro atoms. The fourth-order valence-electron chi connectivity index (χ4n) is 3.34. The number of carbonyl (C=O) groups excluding carboxylic acids is 1. The highest BCUT2D eigenvalue weighted by Gasteiger charge is 2.33. The third kappa shape index (κ3) is 4.18. The van der Waals surface area contributed by atoms with Crippen LogP contribution in [0.1, 0.15) is 30.3 Å². The predicted molar refractivity (Wildman–Crippen MR) is 133 cm³/mol. The fraction of sp³-hybridized carbons (Fsp3) is 0.190. The summed E-state index contributed by atoms with van der Waals surface area (Å²) in [5.41, 5.74) is 1.15. The Balaban J connectivity index is 1.97. The van der Waals surface area contributed by atoms with Gasteiger partial charge in [-0.2, -0.15) is 0 Å². The summed E-state index contributed by atoms with van der Waals surface area (Å²) in [6, 6.07) is 6.72. The number of hydrogen-bond donors (Lipinski definition) is 1. The van der Waals surface area contributed by atoms with Gasteiger partial charge in [0.05, 0.1) is 26.0 Å². The summed E-state index contributed by atoms with van der Waals surface area (Å²) < 4.78 is 8.70. The second-order valence-electron chi connectivity index (χ2n) is 6.64. The lowest BCUT2D eigenvalue weighted by molar-refractivity contribution is -0.139. The van der Waals surface area contributed by atoms with Crippen molar-refractivity contribution >= 4 is 73.2 Å². The van der Waals surface area contributed by atoms with Gasteiger partial charge >= 0.3 is 5.97 Å². The molecule has 6 nitrogen and oxygen atoms in total. The molecule has 160 valence electrons. The van der Waals surface area contributed by atoms with E-state index < -0.39 is 12.0 Å². The van der Waals surface area contributed by atoms with Gasteiger partial charge < -0.3 is 9.84 Å². The molecular formula is C21H16BrIN2O4S2. The SMILES string of the molecule is CCOC(=O)C1=C(C)N=c2s/c(=C/c3cc(Br)cc(I)c3O)c(=O)n2[C@@H]1c1cccs1. The number of aromatic nitrogens is 1. The first-order valence-corrected chi connectivity index (χ1v) is 12.8. The summed E-state index contributed by atoms with van der Waals surface area (Å²) in [4.78, 5) is 32.1. The minimum Gasteiger partial charge on any atom is -0.506 e. The third-order valence-electron chi connectivity index (χ3n) is 4.67. The number of halogens is 2. The van der Waals surface area contributed by atoms with Crippen molar-refractivity contribution in [3.05, 3.63) is 79.1 Å². The van der Waals surface area contributed by atoms with Gasteiger partial charge in [-0.25, -0.2) is 9.79 Å². The number of benzene rings is 1. The number of rotatable bonds is 4. The van der Waals surface area contributed by atoms with Crippen LogP contribution >= 0.6 is 61.2 Å². The zero-order valence-corrected chi connectivity index (χ0v) is 21.8. The Labute approximate surface area is 207 Å². The van der Waals surface area contributed by atoms with Crippen LogP contribution in [0.15, 0.2) is 55.2 Å².